The van der Waals surface area contributed by atoms with Crippen LogP contribution in [-0.2, 0) is 11.3 Å². The van der Waals surface area contributed by atoms with Gasteiger partial charge in [-0.2, -0.15) is 0 Å². The monoisotopic (exact) mass is 451 g/mol. The second-order valence-corrected chi connectivity index (χ2v) is 8.26. The molecule has 1 saturated heterocycles. The summed E-state index contributed by atoms with van der Waals surface area (Å²) in [6, 6.07) is 12.8. The minimum Gasteiger partial charge on any atom is -0.497 e. The van der Waals surface area contributed by atoms with Gasteiger partial charge in [-0.3, -0.25) is 14.6 Å². The van der Waals surface area contributed by atoms with Crippen molar-refractivity contribution in [3.8, 4) is 11.5 Å². The molecule has 1 aliphatic heterocycles. The van der Waals surface area contributed by atoms with Crippen LogP contribution >= 0.6 is 0 Å². The number of hydrogen-bond donors (Lipinski definition) is 1. The number of ether oxygens (including phenoxy) is 2. The molecule has 4 rings (SSSR count). The second kappa shape index (κ2) is 10.1. The van der Waals surface area contributed by atoms with Crippen molar-refractivity contribution in [2.45, 2.75) is 13.5 Å². The Morgan fingerprint density at radius 2 is 1.76 bits per heavy atom. The fourth-order valence-corrected chi connectivity index (χ4v) is 4.12. The van der Waals surface area contributed by atoms with Gasteiger partial charge in [0.25, 0.3) is 0 Å². The van der Waals surface area contributed by atoms with Gasteiger partial charge in [-0.15, -0.1) is 0 Å². The van der Waals surface area contributed by atoms with Crippen LogP contribution in [0.4, 0.5) is 5.69 Å². The molecule has 1 fully saturated rings. The van der Waals surface area contributed by atoms with Gasteiger partial charge in [0.05, 0.1) is 26.5 Å². The maximum absolute atomic E-state index is 12.6. The molecule has 33 heavy (non-hydrogen) atoms. The van der Waals surface area contributed by atoms with E-state index >= 15 is 0 Å². The van der Waals surface area contributed by atoms with Crippen molar-refractivity contribution in [1.29, 1.82) is 0 Å². The number of anilines is 1. The second-order valence-electron chi connectivity index (χ2n) is 8.26. The first-order chi connectivity index (χ1) is 15.9. The third-order valence-electron chi connectivity index (χ3n) is 5.89. The lowest BCUT2D eigenvalue weighted by Crippen LogP contribution is -2.48. The Morgan fingerprint density at radius 3 is 2.48 bits per heavy atom. The quantitative estimate of drug-likeness (QED) is 0.553. The lowest BCUT2D eigenvalue weighted by atomic mass is 10.1. The van der Waals surface area contributed by atoms with Gasteiger partial charge < -0.3 is 19.2 Å². The highest BCUT2D eigenvalue weighted by Gasteiger charge is 2.21. The van der Waals surface area contributed by atoms with Crippen LogP contribution < -0.4 is 20.4 Å². The zero-order valence-corrected chi connectivity index (χ0v) is 19.2. The molecule has 1 aliphatic rings. The molecule has 0 spiro atoms. The van der Waals surface area contributed by atoms with E-state index in [1.165, 1.54) is 0 Å². The first kappa shape index (κ1) is 22.8. The van der Waals surface area contributed by atoms with E-state index in [0.717, 1.165) is 42.7 Å². The summed E-state index contributed by atoms with van der Waals surface area (Å²) >= 11 is 0. The number of piperazine rings is 1. The third-order valence-corrected chi connectivity index (χ3v) is 5.89. The van der Waals surface area contributed by atoms with Crippen LogP contribution in [0.2, 0.25) is 0 Å². The lowest BCUT2D eigenvalue weighted by molar-refractivity contribution is -0.117. The van der Waals surface area contributed by atoms with E-state index in [1.807, 2.05) is 25.1 Å². The van der Waals surface area contributed by atoms with Gasteiger partial charge >= 0.3 is 5.63 Å². The van der Waals surface area contributed by atoms with Crippen LogP contribution in [0.15, 0.2) is 51.7 Å². The van der Waals surface area contributed by atoms with Gasteiger partial charge in [-0.1, -0.05) is 12.1 Å². The molecule has 0 atom stereocenters. The summed E-state index contributed by atoms with van der Waals surface area (Å²) in [4.78, 5) is 29.1. The molecular weight excluding hydrogens is 422 g/mol. The van der Waals surface area contributed by atoms with Crippen LogP contribution in [0, 0.1) is 6.92 Å². The van der Waals surface area contributed by atoms with Crippen molar-refractivity contribution in [2.75, 3.05) is 52.3 Å². The summed E-state index contributed by atoms with van der Waals surface area (Å²) < 4.78 is 15.9. The summed E-state index contributed by atoms with van der Waals surface area (Å²) in [5, 5.41) is 3.89. The van der Waals surface area contributed by atoms with Crippen molar-refractivity contribution >= 4 is 22.6 Å². The maximum atomic E-state index is 12.6. The molecule has 2 aromatic carbocycles. The maximum Gasteiger partial charge on any atom is 0.336 e. The fourth-order valence-electron chi connectivity index (χ4n) is 4.12. The molecule has 0 radical (unpaired) electrons. The molecule has 174 valence electrons. The van der Waals surface area contributed by atoms with Crippen LogP contribution in [-0.4, -0.2) is 62.7 Å². The van der Waals surface area contributed by atoms with E-state index < -0.39 is 0 Å². The van der Waals surface area contributed by atoms with E-state index in [2.05, 4.69) is 15.1 Å². The zero-order chi connectivity index (χ0) is 23.4. The summed E-state index contributed by atoms with van der Waals surface area (Å²) in [5.74, 6) is 1.14. The molecule has 0 unspecified atom stereocenters. The Kier molecular flexibility index (Phi) is 6.96. The molecule has 8 heteroatoms. The summed E-state index contributed by atoms with van der Waals surface area (Å²) in [7, 11) is 3.15. The minimum absolute atomic E-state index is 0.1000. The number of aryl methyl sites for hydroxylation is 1. The van der Waals surface area contributed by atoms with Crippen LogP contribution in [0.1, 0.15) is 11.1 Å². The molecule has 3 aromatic rings. The van der Waals surface area contributed by atoms with Crippen molar-refractivity contribution in [3.63, 3.8) is 0 Å². The van der Waals surface area contributed by atoms with E-state index in [4.69, 9.17) is 13.9 Å². The van der Waals surface area contributed by atoms with Crippen LogP contribution in [0.25, 0.3) is 11.0 Å². The molecule has 1 aromatic heterocycles. The van der Waals surface area contributed by atoms with Crippen molar-refractivity contribution < 1.29 is 18.7 Å². The number of hydrogen-bond acceptors (Lipinski definition) is 7. The molecular formula is C25H29N3O5. The molecule has 0 aliphatic carbocycles. The Hall–Kier alpha value is -3.36. The number of nitrogens with zero attached hydrogens (tertiary/aromatic N) is 2. The number of carbonyl (C=O) groups is 1. The summed E-state index contributed by atoms with van der Waals surface area (Å²) in [6.45, 7) is 6.10. The number of rotatable bonds is 7. The Labute approximate surface area is 192 Å². The smallest absolute Gasteiger partial charge is 0.336 e. The molecule has 0 bridgehead atoms. The topological polar surface area (TPSA) is 84.3 Å². The van der Waals surface area contributed by atoms with Crippen molar-refractivity contribution in [2.24, 2.45) is 0 Å². The molecule has 8 nitrogen and oxygen atoms in total. The highest BCUT2D eigenvalue weighted by molar-refractivity contribution is 5.94. The van der Waals surface area contributed by atoms with Crippen molar-refractivity contribution in [3.05, 3.63) is 64.0 Å². The van der Waals surface area contributed by atoms with Gasteiger partial charge in [-0.05, 0) is 36.2 Å². The van der Waals surface area contributed by atoms with Crippen LogP contribution in [0.5, 0.6) is 11.5 Å². The summed E-state index contributed by atoms with van der Waals surface area (Å²) in [6.07, 6.45) is 0. The minimum atomic E-state index is -0.327. The molecule has 2 heterocycles. The van der Waals surface area contributed by atoms with Crippen LogP contribution in [0.3, 0.4) is 0 Å². The Bertz CT molecular complexity index is 1200. The van der Waals surface area contributed by atoms with E-state index in [9.17, 15) is 9.59 Å². The predicted molar refractivity (Wildman–Crippen MR) is 127 cm³/mol. The number of fused-ring (bicyclic) bond motifs is 1. The third kappa shape index (κ3) is 5.53. The lowest BCUT2D eigenvalue weighted by Gasteiger charge is -2.34. The first-order valence-corrected chi connectivity index (χ1v) is 10.9. The van der Waals surface area contributed by atoms with Gasteiger partial charge in [0.1, 0.15) is 17.1 Å². The van der Waals surface area contributed by atoms with E-state index in [1.54, 1.807) is 38.5 Å². The highest BCUT2D eigenvalue weighted by atomic mass is 16.5. The predicted octanol–water partition coefficient (Wildman–Crippen LogP) is 2.87. The number of carbonyl (C=O) groups excluding carboxylic acids is 1. The molecule has 0 saturated carbocycles. The number of benzene rings is 2. The van der Waals surface area contributed by atoms with Gasteiger partial charge in [0.2, 0.25) is 5.91 Å². The number of amides is 1. The van der Waals surface area contributed by atoms with Gasteiger partial charge in [0, 0.05) is 50.2 Å². The SMILES string of the molecule is COc1ccc(OC)c(NC(=O)CN2CCN(Cc3cc(=O)oc4cc(C)ccc34)CC2)c1. The average molecular weight is 452 g/mol. The summed E-state index contributed by atoms with van der Waals surface area (Å²) in [5.41, 5.74) is 2.91. The largest absolute Gasteiger partial charge is 0.497 e. The van der Waals surface area contributed by atoms with E-state index in [-0.39, 0.29) is 11.5 Å². The molecule has 1 amide bonds. The normalized spacial score (nSPS) is 14.9. The number of nitrogens with one attached hydrogen (secondary N) is 1. The standard InChI is InChI=1S/C25H29N3O5/c1-17-4-6-20-18(13-25(30)33-23(20)12-17)15-27-8-10-28(11-9-27)16-24(29)26-21-14-19(31-2)5-7-22(21)32-3/h4-7,12-14H,8-11,15-16H2,1-3H3,(H,26,29). The zero-order valence-electron chi connectivity index (χ0n) is 19.2. The Morgan fingerprint density at radius 1 is 1.00 bits per heavy atom. The average Bonchev–Trinajstić information content (AvgIpc) is 2.79. The first-order valence-electron chi connectivity index (χ1n) is 10.9. The van der Waals surface area contributed by atoms with Gasteiger partial charge in [-0.25, -0.2) is 4.79 Å². The number of methoxy groups -OCH3 is 2. The fraction of sp³-hybridized carbons (Fsp3) is 0.360. The Balaban J connectivity index is 1.34. The van der Waals surface area contributed by atoms with Crippen molar-refractivity contribution in [1.82, 2.24) is 9.80 Å². The van der Waals surface area contributed by atoms with E-state index in [0.29, 0.717) is 35.9 Å². The van der Waals surface area contributed by atoms with Gasteiger partial charge in [0.15, 0.2) is 0 Å². The molecule has 1 N–H and O–H groups in total. The highest BCUT2D eigenvalue weighted by Crippen LogP contribution is 2.29.